The molecule has 1 fully saturated rings. The van der Waals surface area contributed by atoms with E-state index in [1.54, 1.807) is 18.5 Å². The average Bonchev–Trinajstić information content (AvgIpc) is 3.78. The van der Waals surface area contributed by atoms with E-state index in [0.717, 1.165) is 44.2 Å². The fourth-order valence-corrected chi connectivity index (χ4v) is 7.01. The number of amides is 2. The summed E-state index contributed by atoms with van der Waals surface area (Å²) in [5.74, 6) is -0.982. The lowest BCUT2D eigenvalue weighted by atomic mass is 9.95. The molecule has 3 unspecified atom stereocenters. The zero-order valence-electron chi connectivity index (χ0n) is 29.7. The van der Waals surface area contributed by atoms with E-state index >= 15 is 0 Å². The fraction of sp³-hybridized carbons (Fsp3) is 0.425. The van der Waals surface area contributed by atoms with Crippen molar-refractivity contribution in [3.8, 4) is 28.3 Å². The number of unbranched alkanes of at least 4 members (excludes halogenated alkanes) is 4. The minimum Gasteiger partial charge on any atom is -0.494 e. The van der Waals surface area contributed by atoms with Crippen molar-refractivity contribution in [2.45, 2.75) is 96.3 Å². The van der Waals surface area contributed by atoms with Crippen molar-refractivity contribution in [2.75, 3.05) is 13.2 Å². The van der Waals surface area contributed by atoms with Gasteiger partial charge in [-0.25, -0.2) is 19.2 Å². The van der Waals surface area contributed by atoms with E-state index < -0.39 is 36.0 Å². The highest BCUT2D eigenvalue weighted by atomic mass is 32.1. The standard InChI is InChI=1S/C40H47FN4O5S/c1-5-6-7-8-9-20-50-31-16-14-27(15-17-31)29-23-42-36(43-24-29)28-12-10-26(11-13-28)21-32(38(47)45-25-30(41)22-33(45)39(48)49)44-37(46)34-18-19-35(51-34)40(2,3)4/h10-19,23-24,30,32-33H,5-9,20-22,25H2,1-4H3,(H,44,46)(H,48,49). The number of aliphatic carboxylic acids is 1. The third kappa shape index (κ3) is 10.00. The van der Waals surface area contributed by atoms with Crippen LogP contribution in [0.5, 0.6) is 5.75 Å². The zero-order chi connectivity index (χ0) is 36.5. The van der Waals surface area contributed by atoms with E-state index in [1.807, 2.05) is 75.4 Å². The summed E-state index contributed by atoms with van der Waals surface area (Å²) in [6.07, 6.45) is 7.85. The first-order valence-electron chi connectivity index (χ1n) is 17.7. The van der Waals surface area contributed by atoms with Gasteiger partial charge in [-0.3, -0.25) is 9.59 Å². The Bertz CT molecular complexity index is 1770. The number of thiophene rings is 1. The van der Waals surface area contributed by atoms with Gasteiger partial charge in [-0.15, -0.1) is 11.3 Å². The van der Waals surface area contributed by atoms with Gasteiger partial charge in [0.2, 0.25) is 5.91 Å². The van der Waals surface area contributed by atoms with Crippen LogP contribution in [-0.4, -0.2) is 69.2 Å². The molecule has 2 aromatic heterocycles. The maximum absolute atomic E-state index is 14.3. The number of hydrogen-bond acceptors (Lipinski definition) is 7. The highest BCUT2D eigenvalue weighted by molar-refractivity contribution is 7.14. The van der Waals surface area contributed by atoms with Crippen molar-refractivity contribution >= 4 is 29.1 Å². The smallest absolute Gasteiger partial charge is 0.326 e. The van der Waals surface area contributed by atoms with Gasteiger partial charge >= 0.3 is 5.97 Å². The molecule has 3 heterocycles. The van der Waals surface area contributed by atoms with Crippen molar-refractivity contribution in [2.24, 2.45) is 0 Å². The van der Waals surface area contributed by atoms with Gasteiger partial charge in [0, 0.05) is 41.2 Å². The molecule has 0 radical (unpaired) electrons. The maximum atomic E-state index is 14.3. The molecule has 0 bridgehead atoms. The topological polar surface area (TPSA) is 122 Å². The van der Waals surface area contributed by atoms with Gasteiger partial charge < -0.3 is 20.1 Å². The summed E-state index contributed by atoms with van der Waals surface area (Å²) in [6, 6.07) is 16.4. The third-order valence-electron chi connectivity index (χ3n) is 9.00. The number of carboxylic acid groups (broad SMARTS) is 1. The predicted octanol–water partition coefficient (Wildman–Crippen LogP) is 7.88. The van der Waals surface area contributed by atoms with Crippen molar-refractivity contribution in [1.82, 2.24) is 20.2 Å². The van der Waals surface area contributed by atoms with E-state index in [-0.39, 0.29) is 24.8 Å². The third-order valence-corrected chi connectivity index (χ3v) is 10.5. The largest absolute Gasteiger partial charge is 0.494 e. The van der Waals surface area contributed by atoms with E-state index in [9.17, 15) is 23.9 Å². The first kappa shape index (κ1) is 37.6. The molecule has 0 spiro atoms. The molecular formula is C40H47FN4O5S. The Kier molecular flexibility index (Phi) is 12.6. The van der Waals surface area contributed by atoms with Crippen LogP contribution in [-0.2, 0) is 21.4 Å². The van der Waals surface area contributed by atoms with Crippen LogP contribution in [0.4, 0.5) is 4.39 Å². The number of carboxylic acids is 1. The summed E-state index contributed by atoms with van der Waals surface area (Å²) in [4.78, 5) is 50.6. The summed E-state index contributed by atoms with van der Waals surface area (Å²) < 4.78 is 20.2. The molecule has 51 heavy (non-hydrogen) atoms. The molecule has 1 aliphatic rings. The van der Waals surface area contributed by atoms with Gasteiger partial charge in [0.1, 0.15) is 24.0 Å². The van der Waals surface area contributed by atoms with E-state index in [0.29, 0.717) is 17.3 Å². The van der Waals surface area contributed by atoms with Crippen molar-refractivity contribution in [3.05, 3.63) is 88.4 Å². The molecule has 3 atom stereocenters. The maximum Gasteiger partial charge on any atom is 0.326 e. The molecule has 0 saturated carbocycles. The second kappa shape index (κ2) is 17.0. The van der Waals surface area contributed by atoms with Gasteiger partial charge in [-0.1, -0.05) is 89.8 Å². The number of likely N-dealkylation sites (tertiary alicyclic amines) is 1. The zero-order valence-corrected chi connectivity index (χ0v) is 30.5. The van der Waals surface area contributed by atoms with E-state index in [2.05, 4.69) is 22.2 Å². The Balaban J connectivity index is 1.26. The summed E-state index contributed by atoms with van der Waals surface area (Å²) in [6.45, 7) is 8.73. The molecule has 11 heteroatoms. The van der Waals surface area contributed by atoms with Crippen LogP contribution in [0, 0.1) is 0 Å². The van der Waals surface area contributed by atoms with Crippen molar-refractivity contribution < 1.29 is 28.6 Å². The Morgan fingerprint density at radius 2 is 1.61 bits per heavy atom. The summed E-state index contributed by atoms with van der Waals surface area (Å²) in [5.41, 5.74) is 3.18. The number of halogens is 1. The van der Waals surface area contributed by atoms with Crippen LogP contribution in [0.1, 0.15) is 86.3 Å². The van der Waals surface area contributed by atoms with Gasteiger partial charge in [-0.05, 0) is 47.2 Å². The minimum absolute atomic E-state index is 0.0838. The Morgan fingerprint density at radius 1 is 0.941 bits per heavy atom. The molecule has 0 aliphatic carbocycles. The summed E-state index contributed by atoms with van der Waals surface area (Å²) in [7, 11) is 0. The SMILES string of the molecule is CCCCCCCOc1ccc(-c2cnc(-c3ccc(CC(NC(=O)c4ccc(C(C)(C)C)s4)C(=O)N4CC(F)CC4C(=O)O)cc3)nc2)cc1. The van der Waals surface area contributed by atoms with Gasteiger partial charge in [-0.2, -0.15) is 0 Å². The number of nitrogens with zero attached hydrogens (tertiary/aromatic N) is 3. The molecule has 9 nitrogen and oxygen atoms in total. The Hall–Kier alpha value is -4.64. The number of carbonyl (C=O) groups is 3. The number of alkyl halides is 1. The van der Waals surface area contributed by atoms with Crippen LogP contribution < -0.4 is 10.1 Å². The second-order valence-electron chi connectivity index (χ2n) is 14.1. The van der Waals surface area contributed by atoms with Gasteiger partial charge in [0.05, 0.1) is 18.0 Å². The van der Waals surface area contributed by atoms with Gasteiger partial charge in [0.15, 0.2) is 5.82 Å². The number of rotatable bonds is 15. The van der Waals surface area contributed by atoms with Crippen LogP contribution >= 0.6 is 11.3 Å². The van der Waals surface area contributed by atoms with Crippen LogP contribution in [0.2, 0.25) is 0 Å². The lowest BCUT2D eigenvalue weighted by Gasteiger charge is -2.27. The number of ether oxygens (including phenoxy) is 1. The molecule has 2 N–H and O–H groups in total. The lowest BCUT2D eigenvalue weighted by molar-refractivity contribution is -0.148. The monoisotopic (exact) mass is 714 g/mol. The van der Waals surface area contributed by atoms with Gasteiger partial charge in [0.25, 0.3) is 5.91 Å². The molecule has 4 aromatic rings. The average molecular weight is 715 g/mol. The van der Waals surface area contributed by atoms with Crippen molar-refractivity contribution in [1.29, 1.82) is 0 Å². The first-order chi connectivity index (χ1) is 24.4. The normalized spacial score (nSPS) is 16.5. The van der Waals surface area contributed by atoms with Crippen LogP contribution in [0.3, 0.4) is 0 Å². The lowest BCUT2D eigenvalue weighted by Crippen LogP contribution is -2.52. The Morgan fingerprint density at radius 3 is 2.24 bits per heavy atom. The molecule has 5 rings (SSSR count). The summed E-state index contributed by atoms with van der Waals surface area (Å²) >= 11 is 1.34. The number of nitrogens with one attached hydrogen (secondary N) is 1. The van der Waals surface area contributed by atoms with E-state index in [4.69, 9.17) is 4.74 Å². The number of carbonyl (C=O) groups excluding carboxylic acids is 2. The minimum atomic E-state index is -1.45. The van der Waals surface area contributed by atoms with E-state index in [1.165, 1.54) is 37.0 Å². The highest BCUT2D eigenvalue weighted by Gasteiger charge is 2.42. The number of aromatic nitrogens is 2. The molecular weight excluding hydrogens is 668 g/mol. The molecule has 1 saturated heterocycles. The Labute approximate surface area is 303 Å². The molecule has 1 aliphatic heterocycles. The molecule has 2 aromatic carbocycles. The number of hydrogen-bond donors (Lipinski definition) is 2. The number of benzene rings is 2. The first-order valence-corrected chi connectivity index (χ1v) is 18.5. The highest BCUT2D eigenvalue weighted by Crippen LogP contribution is 2.30. The van der Waals surface area contributed by atoms with Crippen LogP contribution in [0.15, 0.2) is 73.1 Å². The quantitative estimate of drug-likeness (QED) is 0.120. The van der Waals surface area contributed by atoms with Crippen LogP contribution in [0.25, 0.3) is 22.5 Å². The molecule has 270 valence electrons. The molecule has 2 amide bonds. The van der Waals surface area contributed by atoms with Crippen molar-refractivity contribution in [3.63, 3.8) is 0 Å². The fourth-order valence-electron chi connectivity index (χ4n) is 6.05. The predicted molar refractivity (Wildman–Crippen MR) is 198 cm³/mol. The second-order valence-corrected chi connectivity index (χ2v) is 15.2. The summed E-state index contributed by atoms with van der Waals surface area (Å²) in [5, 5.41) is 12.5.